The van der Waals surface area contributed by atoms with E-state index in [-0.39, 0.29) is 5.82 Å². The normalized spacial score (nSPS) is 11.6. The van der Waals surface area contributed by atoms with Crippen LogP contribution in [0.2, 0.25) is 5.02 Å². The second-order valence-electron chi connectivity index (χ2n) is 4.44. The highest BCUT2D eigenvalue weighted by Crippen LogP contribution is 2.18. The van der Waals surface area contributed by atoms with E-state index in [1.54, 1.807) is 42.5 Å². The largest absolute Gasteiger partial charge is 0.384 e. The summed E-state index contributed by atoms with van der Waals surface area (Å²) >= 11 is 5.79. The minimum atomic E-state index is -0.748. The second kappa shape index (κ2) is 6.53. The third-order valence-corrected chi connectivity index (χ3v) is 3.20. The molecule has 102 valence electrons. The van der Waals surface area contributed by atoms with Gasteiger partial charge in [0.15, 0.2) is 0 Å². The number of aliphatic hydroxyl groups is 1. The summed E-state index contributed by atoms with van der Waals surface area (Å²) in [5.74, 6) is -0.272. The van der Waals surface area contributed by atoms with E-state index >= 15 is 0 Å². The van der Waals surface area contributed by atoms with Crippen molar-refractivity contribution in [3.8, 4) is 0 Å². The average molecular weight is 289 g/mol. The van der Waals surface area contributed by atoms with Gasteiger partial charge < -0.3 is 5.11 Å². The molecule has 0 spiro atoms. The smallest absolute Gasteiger partial charge is 0.123 e. The van der Waals surface area contributed by atoms with Crippen molar-refractivity contribution in [1.29, 1.82) is 0 Å². The molecule has 1 unspecified atom stereocenters. The van der Waals surface area contributed by atoms with Crippen LogP contribution in [0, 0.1) is 5.82 Å². The summed E-state index contributed by atoms with van der Waals surface area (Å²) in [5, 5.41) is 10.6. The molecule has 3 heteroatoms. The van der Waals surface area contributed by atoms with Crippen molar-refractivity contribution in [2.75, 3.05) is 0 Å². The Hall–Kier alpha value is -1.86. The Kier molecular flexibility index (Phi) is 4.75. The first-order valence-electron chi connectivity index (χ1n) is 6.19. The molecule has 1 nitrogen and oxygen atoms in total. The molecule has 1 atom stereocenters. The fraction of sp³-hybridized carbons (Fsp3) is 0.118. The molecule has 0 aliphatic carbocycles. The molecule has 0 aromatic heterocycles. The number of aliphatic hydroxyl groups excluding tert-OH is 1. The summed E-state index contributed by atoms with van der Waals surface area (Å²) in [6, 6.07) is 13.1. The van der Waals surface area contributed by atoms with Crippen LogP contribution < -0.4 is 0 Å². The Morgan fingerprint density at radius 1 is 1.15 bits per heavy atom. The summed E-state index contributed by atoms with van der Waals surface area (Å²) in [4.78, 5) is 0. The van der Waals surface area contributed by atoms with Gasteiger partial charge in [0.25, 0.3) is 0 Å². The van der Waals surface area contributed by atoms with Gasteiger partial charge in [0.2, 0.25) is 0 Å². The third-order valence-electron chi connectivity index (χ3n) is 2.95. The maximum atomic E-state index is 12.8. The zero-order chi connectivity index (χ0) is 14.5. The lowest BCUT2D eigenvalue weighted by Crippen LogP contribution is -1.91. The molecular weight excluding hydrogens is 275 g/mol. The molecule has 20 heavy (non-hydrogen) atoms. The van der Waals surface area contributed by atoms with E-state index in [2.05, 4.69) is 5.73 Å². The highest BCUT2D eigenvalue weighted by Gasteiger charge is 2.02. The highest BCUT2D eigenvalue weighted by molar-refractivity contribution is 6.30. The van der Waals surface area contributed by atoms with Gasteiger partial charge in [-0.25, -0.2) is 4.39 Å². The first-order valence-corrected chi connectivity index (χ1v) is 6.57. The van der Waals surface area contributed by atoms with Crippen molar-refractivity contribution >= 4 is 17.2 Å². The first-order chi connectivity index (χ1) is 9.56. The lowest BCUT2D eigenvalue weighted by molar-refractivity contribution is 0.229. The quantitative estimate of drug-likeness (QED) is 0.807. The van der Waals surface area contributed by atoms with Crippen molar-refractivity contribution in [3.05, 3.63) is 82.3 Å². The fourth-order valence-corrected chi connectivity index (χ4v) is 1.87. The van der Waals surface area contributed by atoms with Crippen molar-refractivity contribution in [1.82, 2.24) is 0 Å². The molecule has 2 aromatic carbocycles. The minimum Gasteiger partial charge on any atom is -0.384 e. The summed E-state index contributed by atoms with van der Waals surface area (Å²) < 4.78 is 12.8. The summed E-state index contributed by atoms with van der Waals surface area (Å²) in [6.45, 7) is 1.86. The van der Waals surface area contributed by atoms with Crippen LogP contribution in [0.5, 0.6) is 0 Å². The Labute approximate surface area is 122 Å². The van der Waals surface area contributed by atoms with Gasteiger partial charge in [-0.2, -0.15) is 0 Å². The number of hydrogen-bond acceptors (Lipinski definition) is 1. The SMILES string of the molecule is CC(=C=CC(O)c1ccc(Cl)cc1)c1ccc(F)cc1. The fourth-order valence-electron chi connectivity index (χ4n) is 1.74. The molecular formula is C17H14ClFO. The van der Waals surface area contributed by atoms with Crippen LogP contribution in [0.25, 0.3) is 5.57 Å². The minimum absolute atomic E-state index is 0.272. The van der Waals surface area contributed by atoms with Crippen LogP contribution in [-0.2, 0) is 0 Å². The van der Waals surface area contributed by atoms with Gasteiger partial charge in [-0.15, -0.1) is 5.73 Å². The van der Waals surface area contributed by atoms with Crippen molar-refractivity contribution in [3.63, 3.8) is 0 Å². The van der Waals surface area contributed by atoms with Gasteiger partial charge in [-0.3, -0.25) is 0 Å². The van der Waals surface area contributed by atoms with Crippen molar-refractivity contribution in [2.24, 2.45) is 0 Å². The maximum absolute atomic E-state index is 12.8. The zero-order valence-electron chi connectivity index (χ0n) is 11.0. The Morgan fingerprint density at radius 2 is 1.75 bits per heavy atom. The lowest BCUT2D eigenvalue weighted by Gasteiger charge is -2.04. The van der Waals surface area contributed by atoms with E-state index in [0.29, 0.717) is 5.02 Å². The molecule has 0 heterocycles. The number of halogens is 2. The first kappa shape index (κ1) is 14.5. The average Bonchev–Trinajstić information content (AvgIpc) is 2.46. The Morgan fingerprint density at radius 3 is 2.35 bits per heavy atom. The van der Waals surface area contributed by atoms with Gasteiger partial charge in [0.05, 0.1) is 0 Å². The van der Waals surface area contributed by atoms with Gasteiger partial charge in [0.1, 0.15) is 11.9 Å². The predicted molar refractivity (Wildman–Crippen MR) is 80.0 cm³/mol. The van der Waals surface area contributed by atoms with Crippen LogP contribution in [0.3, 0.4) is 0 Å². The Bertz CT molecular complexity index is 638. The van der Waals surface area contributed by atoms with Crippen molar-refractivity contribution in [2.45, 2.75) is 13.0 Å². The molecule has 0 aliphatic heterocycles. The molecule has 0 saturated carbocycles. The van der Waals surface area contributed by atoms with Crippen LogP contribution in [0.4, 0.5) is 4.39 Å². The molecule has 0 radical (unpaired) electrons. The van der Waals surface area contributed by atoms with E-state index in [4.69, 9.17) is 11.6 Å². The van der Waals surface area contributed by atoms with E-state index < -0.39 is 6.10 Å². The number of benzene rings is 2. The maximum Gasteiger partial charge on any atom is 0.123 e. The topological polar surface area (TPSA) is 20.2 Å². The third kappa shape index (κ3) is 3.82. The summed E-state index contributed by atoms with van der Waals surface area (Å²) in [7, 11) is 0. The number of hydrogen-bond donors (Lipinski definition) is 1. The predicted octanol–water partition coefficient (Wildman–Crippen LogP) is 4.77. The van der Waals surface area contributed by atoms with Gasteiger partial charge in [0, 0.05) is 5.02 Å². The molecule has 2 aromatic rings. The van der Waals surface area contributed by atoms with E-state index in [0.717, 1.165) is 16.7 Å². The van der Waals surface area contributed by atoms with E-state index in [9.17, 15) is 9.50 Å². The van der Waals surface area contributed by atoms with Crippen molar-refractivity contribution < 1.29 is 9.50 Å². The van der Waals surface area contributed by atoms with Crippen LogP contribution in [0.1, 0.15) is 24.2 Å². The standard InChI is InChI=1S/C17H14ClFO/c1-12(13-5-9-16(19)10-6-13)2-11-17(20)14-3-7-15(18)8-4-14/h3-11,17,20H,1H3. The van der Waals surface area contributed by atoms with Gasteiger partial charge >= 0.3 is 0 Å². The van der Waals surface area contributed by atoms with Gasteiger partial charge in [-0.05, 0) is 54.0 Å². The van der Waals surface area contributed by atoms with Crippen LogP contribution in [-0.4, -0.2) is 5.11 Å². The molecule has 2 rings (SSSR count). The molecule has 0 bridgehead atoms. The lowest BCUT2D eigenvalue weighted by atomic mass is 10.1. The molecule has 1 N–H and O–H groups in total. The molecule has 0 amide bonds. The molecule has 0 aliphatic rings. The Balaban J connectivity index is 2.20. The highest BCUT2D eigenvalue weighted by atomic mass is 35.5. The monoisotopic (exact) mass is 288 g/mol. The van der Waals surface area contributed by atoms with Gasteiger partial charge in [-0.1, -0.05) is 35.9 Å². The molecule has 0 fully saturated rings. The molecule has 0 saturated heterocycles. The number of rotatable bonds is 3. The van der Waals surface area contributed by atoms with Crippen LogP contribution >= 0.6 is 11.6 Å². The van der Waals surface area contributed by atoms with E-state index in [1.165, 1.54) is 12.1 Å². The summed E-state index contributed by atoms with van der Waals surface area (Å²) in [6.07, 6.45) is 0.824. The van der Waals surface area contributed by atoms with Crippen LogP contribution in [0.15, 0.2) is 60.3 Å². The second-order valence-corrected chi connectivity index (χ2v) is 4.88. The zero-order valence-corrected chi connectivity index (χ0v) is 11.7. The van der Waals surface area contributed by atoms with E-state index in [1.807, 2.05) is 6.92 Å². The summed E-state index contributed by atoms with van der Waals surface area (Å²) in [5.41, 5.74) is 5.46.